The summed E-state index contributed by atoms with van der Waals surface area (Å²) in [5.74, 6) is 0. The minimum Gasteiger partial charge on any atom is -0.307 e. The molecule has 0 aliphatic heterocycles. The molecular weight excluding hydrogens is 264 g/mol. The average molecular weight is 281 g/mol. The van der Waals surface area contributed by atoms with Gasteiger partial charge in [0.2, 0.25) is 0 Å². The Morgan fingerprint density at radius 1 is 1.39 bits per heavy atom. The van der Waals surface area contributed by atoms with Crippen molar-refractivity contribution < 1.29 is 0 Å². The number of thiazole rings is 1. The van der Waals surface area contributed by atoms with Gasteiger partial charge in [0.1, 0.15) is 0 Å². The van der Waals surface area contributed by atoms with E-state index in [0.717, 1.165) is 11.4 Å². The maximum atomic E-state index is 5.99. The fourth-order valence-corrected chi connectivity index (χ4v) is 2.87. The molecule has 0 bridgehead atoms. The standard InChI is InChI=1S/C14H17ClN2S/c1-10(6-12-4-3-5-13(15)7-12)17-11(2)14-8-16-9-18-14/h3-5,7-11,17H,6H2,1-2H3. The van der Waals surface area contributed by atoms with Crippen molar-refractivity contribution in [1.29, 1.82) is 0 Å². The third-order valence-corrected chi connectivity index (χ3v) is 4.04. The Kier molecular flexibility index (Phi) is 4.75. The fraction of sp³-hybridized carbons (Fsp3) is 0.357. The molecule has 0 radical (unpaired) electrons. The molecule has 4 heteroatoms. The van der Waals surface area contributed by atoms with Gasteiger partial charge in [0.15, 0.2) is 0 Å². The Morgan fingerprint density at radius 3 is 2.89 bits per heavy atom. The van der Waals surface area contributed by atoms with Crippen LogP contribution in [0.1, 0.15) is 30.3 Å². The van der Waals surface area contributed by atoms with E-state index in [-0.39, 0.29) is 0 Å². The zero-order valence-corrected chi connectivity index (χ0v) is 12.1. The third kappa shape index (κ3) is 3.80. The Bertz CT molecular complexity index is 484. The van der Waals surface area contributed by atoms with Crippen LogP contribution < -0.4 is 5.32 Å². The summed E-state index contributed by atoms with van der Waals surface area (Å²) in [4.78, 5) is 5.38. The predicted octanol–water partition coefficient (Wildman–Crippen LogP) is 4.08. The predicted molar refractivity (Wildman–Crippen MR) is 78.3 cm³/mol. The van der Waals surface area contributed by atoms with Crippen LogP contribution in [-0.4, -0.2) is 11.0 Å². The van der Waals surface area contributed by atoms with Gasteiger partial charge in [0.25, 0.3) is 0 Å². The van der Waals surface area contributed by atoms with E-state index in [0.29, 0.717) is 12.1 Å². The van der Waals surface area contributed by atoms with E-state index in [2.05, 4.69) is 30.2 Å². The van der Waals surface area contributed by atoms with Crippen LogP contribution >= 0.6 is 22.9 Å². The van der Waals surface area contributed by atoms with Gasteiger partial charge in [-0.25, -0.2) is 0 Å². The van der Waals surface area contributed by atoms with E-state index >= 15 is 0 Å². The van der Waals surface area contributed by atoms with E-state index in [1.54, 1.807) is 11.3 Å². The Labute approximate surface area is 117 Å². The molecule has 0 spiro atoms. The molecule has 1 heterocycles. The minimum atomic E-state index is 0.340. The zero-order valence-electron chi connectivity index (χ0n) is 10.6. The largest absolute Gasteiger partial charge is 0.307 e. The number of hydrogen-bond donors (Lipinski definition) is 1. The molecule has 0 saturated heterocycles. The molecule has 1 N–H and O–H groups in total. The highest BCUT2D eigenvalue weighted by molar-refractivity contribution is 7.09. The molecular formula is C14H17ClN2S. The van der Waals surface area contributed by atoms with Crippen molar-refractivity contribution in [1.82, 2.24) is 10.3 Å². The molecule has 1 aromatic carbocycles. The van der Waals surface area contributed by atoms with Gasteiger partial charge in [-0.05, 0) is 38.0 Å². The van der Waals surface area contributed by atoms with Crippen molar-refractivity contribution in [2.45, 2.75) is 32.4 Å². The molecule has 0 aliphatic carbocycles. The normalized spacial score (nSPS) is 14.4. The highest BCUT2D eigenvalue weighted by Gasteiger charge is 2.11. The first-order valence-electron chi connectivity index (χ1n) is 6.04. The van der Waals surface area contributed by atoms with Gasteiger partial charge in [-0.3, -0.25) is 4.98 Å². The van der Waals surface area contributed by atoms with E-state index in [1.165, 1.54) is 10.4 Å². The van der Waals surface area contributed by atoms with Crippen LogP contribution in [-0.2, 0) is 6.42 Å². The van der Waals surface area contributed by atoms with Crippen molar-refractivity contribution in [2.24, 2.45) is 0 Å². The first-order valence-corrected chi connectivity index (χ1v) is 7.30. The molecule has 0 aliphatic rings. The summed E-state index contributed by atoms with van der Waals surface area (Å²) in [7, 11) is 0. The number of nitrogens with one attached hydrogen (secondary N) is 1. The van der Waals surface area contributed by atoms with E-state index in [9.17, 15) is 0 Å². The molecule has 2 rings (SSSR count). The molecule has 2 aromatic rings. The van der Waals surface area contributed by atoms with Gasteiger partial charge in [0, 0.05) is 28.2 Å². The lowest BCUT2D eigenvalue weighted by Gasteiger charge is -2.19. The van der Waals surface area contributed by atoms with E-state index in [4.69, 9.17) is 11.6 Å². The number of nitrogens with zero attached hydrogens (tertiary/aromatic N) is 1. The number of halogens is 1. The second kappa shape index (κ2) is 6.32. The van der Waals surface area contributed by atoms with Crippen LogP contribution in [0, 0.1) is 0 Å². The summed E-state index contributed by atoms with van der Waals surface area (Å²) in [6, 6.07) is 8.78. The Hall–Kier alpha value is -0.900. The van der Waals surface area contributed by atoms with Gasteiger partial charge in [0.05, 0.1) is 5.51 Å². The first kappa shape index (κ1) is 13.5. The van der Waals surface area contributed by atoms with Gasteiger partial charge >= 0.3 is 0 Å². The summed E-state index contributed by atoms with van der Waals surface area (Å²) in [6.45, 7) is 4.36. The number of aromatic nitrogens is 1. The molecule has 0 fully saturated rings. The SMILES string of the molecule is CC(Cc1cccc(Cl)c1)NC(C)c1cncs1. The van der Waals surface area contributed by atoms with Crippen LogP contribution in [0.25, 0.3) is 0 Å². The lowest BCUT2D eigenvalue weighted by Crippen LogP contribution is -2.30. The summed E-state index contributed by atoms with van der Waals surface area (Å²) in [6.07, 6.45) is 2.90. The Balaban J connectivity index is 1.91. The third-order valence-electron chi connectivity index (χ3n) is 2.84. The van der Waals surface area contributed by atoms with E-state index in [1.807, 2.05) is 29.9 Å². The second-order valence-electron chi connectivity index (χ2n) is 4.53. The minimum absolute atomic E-state index is 0.340. The van der Waals surface area contributed by atoms with Crippen molar-refractivity contribution in [3.63, 3.8) is 0 Å². The first-order chi connectivity index (χ1) is 8.65. The zero-order chi connectivity index (χ0) is 13.0. The van der Waals surface area contributed by atoms with Gasteiger partial charge in [-0.1, -0.05) is 23.7 Å². The van der Waals surface area contributed by atoms with Crippen LogP contribution in [0.2, 0.25) is 5.02 Å². The summed E-state index contributed by atoms with van der Waals surface area (Å²) in [5, 5.41) is 4.38. The maximum absolute atomic E-state index is 5.99. The van der Waals surface area contributed by atoms with Crippen LogP contribution in [0.15, 0.2) is 36.0 Å². The topological polar surface area (TPSA) is 24.9 Å². The molecule has 2 unspecified atom stereocenters. The highest BCUT2D eigenvalue weighted by atomic mass is 35.5. The highest BCUT2D eigenvalue weighted by Crippen LogP contribution is 2.18. The quantitative estimate of drug-likeness (QED) is 0.893. The van der Waals surface area contributed by atoms with Gasteiger partial charge in [-0.15, -0.1) is 11.3 Å². The summed E-state index contributed by atoms with van der Waals surface area (Å²) < 4.78 is 0. The fourth-order valence-electron chi connectivity index (χ4n) is 2.02. The monoisotopic (exact) mass is 280 g/mol. The van der Waals surface area contributed by atoms with Crippen molar-refractivity contribution in [3.05, 3.63) is 51.4 Å². The van der Waals surface area contributed by atoms with Crippen LogP contribution in [0.3, 0.4) is 0 Å². The van der Waals surface area contributed by atoms with Crippen molar-refractivity contribution in [2.75, 3.05) is 0 Å². The molecule has 96 valence electrons. The lowest BCUT2D eigenvalue weighted by molar-refractivity contribution is 0.481. The lowest BCUT2D eigenvalue weighted by atomic mass is 10.1. The molecule has 1 aromatic heterocycles. The molecule has 0 saturated carbocycles. The van der Waals surface area contributed by atoms with Crippen LogP contribution in [0.5, 0.6) is 0 Å². The van der Waals surface area contributed by atoms with E-state index < -0.39 is 0 Å². The van der Waals surface area contributed by atoms with Crippen molar-refractivity contribution in [3.8, 4) is 0 Å². The van der Waals surface area contributed by atoms with Gasteiger partial charge in [-0.2, -0.15) is 0 Å². The Morgan fingerprint density at radius 2 is 2.22 bits per heavy atom. The number of rotatable bonds is 5. The number of benzene rings is 1. The smallest absolute Gasteiger partial charge is 0.0794 e. The van der Waals surface area contributed by atoms with Crippen molar-refractivity contribution >= 4 is 22.9 Å². The second-order valence-corrected chi connectivity index (χ2v) is 5.88. The molecule has 0 amide bonds. The summed E-state index contributed by atoms with van der Waals surface area (Å²) >= 11 is 7.68. The molecule has 2 atom stereocenters. The van der Waals surface area contributed by atoms with Crippen LogP contribution in [0.4, 0.5) is 0 Å². The maximum Gasteiger partial charge on any atom is 0.0794 e. The summed E-state index contributed by atoms with van der Waals surface area (Å²) in [5.41, 5.74) is 3.13. The molecule has 2 nitrogen and oxygen atoms in total. The number of hydrogen-bond acceptors (Lipinski definition) is 3. The van der Waals surface area contributed by atoms with Gasteiger partial charge < -0.3 is 5.32 Å². The average Bonchev–Trinajstić information content (AvgIpc) is 2.81. The molecule has 18 heavy (non-hydrogen) atoms.